The van der Waals surface area contributed by atoms with Gasteiger partial charge in [-0.05, 0) is 42.8 Å². The molecular weight excluding hydrogens is 417 g/mol. The van der Waals surface area contributed by atoms with E-state index >= 15 is 0 Å². The summed E-state index contributed by atoms with van der Waals surface area (Å²) in [6.07, 6.45) is 0.950. The van der Waals surface area contributed by atoms with Crippen LogP contribution in [-0.4, -0.2) is 35.0 Å². The number of H-pyrrole nitrogens is 1. The number of fused-ring (bicyclic) bond motifs is 1. The van der Waals surface area contributed by atoms with Crippen molar-refractivity contribution >= 4 is 18.3 Å². The van der Waals surface area contributed by atoms with Gasteiger partial charge in [0.15, 0.2) is 23.4 Å². The molecule has 31 heavy (non-hydrogen) atoms. The number of ether oxygens (including phenoxy) is 1. The van der Waals surface area contributed by atoms with Crippen LogP contribution in [0.15, 0.2) is 65.8 Å². The lowest BCUT2D eigenvalue weighted by Crippen LogP contribution is -2.09. The van der Waals surface area contributed by atoms with Gasteiger partial charge in [-0.3, -0.25) is 5.10 Å². The van der Waals surface area contributed by atoms with Gasteiger partial charge >= 0.3 is 0 Å². The van der Waals surface area contributed by atoms with E-state index in [9.17, 15) is 4.39 Å². The normalized spacial score (nSPS) is 12.2. The van der Waals surface area contributed by atoms with Gasteiger partial charge < -0.3 is 4.74 Å². The molecule has 0 aliphatic heterocycles. The Kier molecular flexibility index (Phi) is 4.83. The molecule has 5 aromatic rings. The van der Waals surface area contributed by atoms with E-state index in [1.807, 2.05) is 31.2 Å². The number of rotatable bonds is 5. The van der Waals surface area contributed by atoms with Crippen molar-refractivity contribution in [1.82, 2.24) is 35.0 Å². The first-order chi connectivity index (χ1) is 15.1. The summed E-state index contributed by atoms with van der Waals surface area (Å²) in [7, 11) is 0. The van der Waals surface area contributed by atoms with Gasteiger partial charge in [-0.2, -0.15) is 9.61 Å². The molecule has 0 saturated carbocycles. The van der Waals surface area contributed by atoms with Crippen molar-refractivity contribution in [3.8, 4) is 28.4 Å². The molecule has 0 bridgehead atoms. The maximum Gasteiger partial charge on any atom is 0.240 e. The lowest BCUT2D eigenvalue weighted by atomic mass is 10.1. The molecular formula is C21H16FN7OS. The SMILES string of the molecule is CC(Oc1nn2c(-c3ccccc3F)nnc2cc1-c1cccc(S)c1)c1ncn[nH]1. The zero-order valence-electron chi connectivity index (χ0n) is 16.3. The number of halogens is 1. The monoisotopic (exact) mass is 433 g/mol. The zero-order valence-corrected chi connectivity index (χ0v) is 17.2. The van der Waals surface area contributed by atoms with E-state index in [2.05, 4.69) is 43.1 Å². The van der Waals surface area contributed by atoms with Gasteiger partial charge in [0, 0.05) is 10.5 Å². The molecule has 1 atom stereocenters. The predicted molar refractivity (Wildman–Crippen MR) is 114 cm³/mol. The fourth-order valence-corrected chi connectivity index (χ4v) is 3.45. The van der Waals surface area contributed by atoms with E-state index in [-0.39, 0.29) is 5.82 Å². The Morgan fingerprint density at radius 3 is 2.71 bits per heavy atom. The van der Waals surface area contributed by atoms with E-state index in [1.165, 1.54) is 16.9 Å². The Hall–Kier alpha value is -3.79. The fourth-order valence-electron chi connectivity index (χ4n) is 3.23. The minimum absolute atomic E-state index is 0.278. The van der Waals surface area contributed by atoms with E-state index in [0.717, 1.165) is 10.5 Å². The Bertz CT molecular complexity index is 1370. The number of thiol groups is 1. The molecule has 5 rings (SSSR count). The Morgan fingerprint density at radius 2 is 1.94 bits per heavy atom. The Morgan fingerprint density at radius 1 is 1.06 bits per heavy atom. The summed E-state index contributed by atoms with van der Waals surface area (Å²) >= 11 is 4.43. The molecule has 0 spiro atoms. The minimum atomic E-state index is -0.459. The minimum Gasteiger partial charge on any atom is -0.465 e. The van der Waals surface area contributed by atoms with Gasteiger partial charge in [-0.1, -0.05) is 24.3 Å². The van der Waals surface area contributed by atoms with Crippen molar-refractivity contribution in [1.29, 1.82) is 0 Å². The number of nitrogens with one attached hydrogen (secondary N) is 1. The first-order valence-corrected chi connectivity index (χ1v) is 9.87. The largest absolute Gasteiger partial charge is 0.465 e. The van der Waals surface area contributed by atoms with E-state index in [1.54, 1.807) is 24.3 Å². The molecule has 8 nitrogen and oxygen atoms in total. The van der Waals surface area contributed by atoms with Gasteiger partial charge in [0.05, 0.1) is 5.56 Å². The van der Waals surface area contributed by atoms with Gasteiger partial charge in [-0.25, -0.2) is 9.37 Å². The lowest BCUT2D eigenvalue weighted by molar-refractivity contribution is 0.206. The summed E-state index contributed by atoms with van der Waals surface area (Å²) in [6, 6.07) is 15.7. The summed E-state index contributed by atoms with van der Waals surface area (Å²) in [5.41, 5.74) is 2.29. The average molecular weight is 433 g/mol. The van der Waals surface area contributed by atoms with Gasteiger partial charge in [0.2, 0.25) is 5.88 Å². The molecule has 0 aliphatic rings. The van der Waals surface area contributed by atoms with Crippen molar-refractivity contribution < 1.29 is 9.13 Å². The molecule has 1 unspecified atom stereocenters. The van der Waals surface area contributed by atoms with Crippen LogP contribution in [0, 0.1) is 5.82 Å². The second kappa shape index (κ2) is 7.80. The highest BCUT2D eigenvalue weighted by Gasteiger charge is 2.20. The second-order valence-corrected chi connectivity index (χ2v) is 7.33. The molecule has 10 heteroatoms. The maximum atomic E-state index is 14.4. The van der Waals surface area contributed by atoms with Crippen LogP contribution >= 0.6 is 12.6 Å². The van der Waals surface area contributed by atoms with E-state index < -0.39 is 11.9 Å². The quantitative estimate of drug-likeness (QED) is 0.405. The summed E-state index contributed by atoms with van der Waals surface area (Å²) in [6.45, 7) is 1.83. The van der Waals surface area contributed by atoms with Crippen LogP contribution in [0.5, 0.6) is 5.88 Å². The van der Waals surface area contributed by atoms with E-state index in [0.29, 0.717) is 28.5 Å². The van der Waals surface area contributed by atoms with Gasteiger partial charge in [0.25, 0.3) is 0 Å². The third-order valence-electron chi connectivity index (χ3n) is 4.74. The number of benzene rings is 2. The van der Waals surface area contributed by atoms with Crippen LogP contribution in [0.3, 0.4) is 0 Å². The number of hydrogen-bond acceptors (Lipinski definition) is 7. The molecule has 0 aliphatic carbocycles. The molecule has 0 amide bonds. The third-order valence-corrected chi connectivity index (χ3v) is 5.02. The van der Waals surface area contributed by atoms with Crippen LogP contribution in [0.2, 0.25) is 0 Å². The Labute approximate surface area is 181 Å². The van der Waals surface area contributed by atoms with Crippen molar-refractivity contribution in [3.05, 3.63) is 72.6 Å². The molecule has 0 radical (unpaired) electrons. The lowest BCUT2D eigenvalue weighted by Gasteiger charge is -2.15. The molecule has 2 aromatic carbocycles. The van der Waals surface area contributed by atoms with Gasteiger partial charge in [0.1, 0.15) is 12.1 Å². The summed E-state index contributed by atoms with van der Waals surface area (Å²) in [4.78, 5) is 4.94. The predicted octanol–water partition coefficient (Wildman–Crippen LogP) is 4.14. The van der Waals surface area contributed by atoms with Crippen LogP contribution in [0.25, 0.3) is 28.2 Å². The standard InChI is InChI=1S/C21H16FN7OS/c1-12(19-23-11-24-26-19)30-21-16(13-5-4-6-14(31)9-13)10-18-25-27-20(29(18)28-21)15-7-2-3-8-17(15)22/h2-12,31H,1H3,(H,23,24,26). The van der Waals surface area contributed by atoms with E-state index in [4.69, 9.17) is 4.74 Å². The van der Waals surface area contributed by atoms with Crippen LogP contribution in [0.1, 0.15) is 18.9 Å². The number of aromatic nitrogens is 7. The van der Waals surface area contributed by atoms with Gasteiger partial charge in [-0.15, -0.1) is 27.9 Å². The molecule has 3 heterocycles. The topological polar surface area (TPSA) is 93.9 Å². The smallest absolute Gasteiger partial charge is 0.240 e. The van der Waals surface area contributed by atoms with Crippen LogP contribution < -0.4 is 4.74 Å². The number of nitrogens with zero attached hydrogens (tertiary/aromatic N) is 6. The highest BCUT2D eigenvalue weighted by Crippen LogP contribution is 2.33. The first-order valence-electron chi connectivity index (χ1n) is 9.43. The van der Waals surface area contributed by atoms with Crippen molar-refractivity contribution in [2.45, 2.75) is 17.9 Å². The molecule has 1 N–H and O–H groups in total. The molecule has 0 fully saturated rings. The highest BCUT2D eigenvalue weighted by atomic mass is 32.1. The number of hydrogen-bond donors (Lipinski definition) is 2. The number of aromatic amines is 1. The van der Waals surface area contributed by atoms with Crippen molar-refractivity contribution in [2.75, 3.05) is 0 Å². The maximum absolute atomic E-state index is 14.4. The summed E-state index contributed by atoms with van der Waals surface area (Å²) in [5, 5.41) is 19.6. The average Bonchev–Trinajstić information content (AvgIpc) is 3.44. The molecule has 154 valence electrons. The van der Waals surface area contributed by atoms with Crippen LogP contribution in [0.4, 0.5) is 4.39 Å². The van der Waals surface area contributed by atoms with Crippen molar-refractivity contribution in [2.24, 2.45) is 0 Å². The zero-order chi connectivity index (χ0) is 21.4. The fraction of sp³-hybridized carbons (Fsp3) is 0.0952. The first kappa shape index (κ1) is 19.2. The van der Waals surface area contributed by atoms with Crippen molar-refractivity contribution in [3.63, 3.8) is 0 Å². The molecule has 0 saturated heterocycles. The second-order valence-electron chi connectivity index (χ2n) is 6.82. The summed E-state index contributed by atoms with van der Waals surface area (Å²) < 4.78 is 22.0. The third kappa shape index (κ3) is 3.61. The summed E-state index contributed by atoms with van der Waals surface area (Å²) in [5.74, 6) is 0.726. The molecule has 3 aromatic heterocycles. The van der Waals surface area contributed by atoms with Crippen LogP contribution in [-0.2, 0) is 0 Å². The highest BCUT2D eigenvalue weighted by molar-refractivity contribution is 7.80. The Balaban J connectivity index is 1.69.